The van der Waals surface area contributed by atoms with Crippen LogP contribution in [0.3, 0.4) is 0 Å². The first kappa shape index (κ1) is 20.1. The van der Waals surface area contributed by atoms with Gasteiger partial charge in [0.15, 0.2) is 17.8 Å². The van der Waals surface area contributed by atoms with E-state index in [-0.39, 0.29) is 19.6 Å². The van der Waals surface area contributed by atoms with E-state index in [0.29, 0.717) is 0 Å². The summed E-state index contributed by atoms with van der Waals surface area (Å²) in [6, 6.07) is 0. The number of esters is 2. The zero-order valence-electron chi connectivity index (χ0n) is 14.3. The molecule has 8 nitrogen and oxygen atoms in total. The number of ether oxygens (including phenoxy) is 4. The van der Waals surface area contributed by atoms with E-state index >= 15 is 0 Å². The first-order valence-corrected chi connectivity index (χ1v) is 7.80. The minimum absolute atomic E-state index is 0.0181. The predicted octanol–water partition coefficient (Wildman–Crippen LogP) is 1.28. The highest BCUT2D eigenvalue weighted by Crippen LogP contribution is 2.29. The minimum atomic E-state index is -1.15. The first-order valence-electron chi connectivity index (χ1n) is 7.80. The van der Waals surface area contributed by atoms with Crippen molar-refractivity contribution in [1.29, 1.82) is 0 Å². The number of hydrogen-bond donors (Lipinski definition) is 1. The fourth-order valence-electron chi connectivity index (χ4n) is 2.24. The molecule has 0 aromatic carbocycles. The van der Waals surface area contributed by atoms with Gasteiger partial charge in [-0.05, 0) is 34.1 Å². The zero-order chi connectivity index (χ0) is 18.3. The van der Waals surface area contributed by atoms with Gasteiger partial charge >= 0.3 is 17.9 Å². The summed E-state index contributed by atoms with van der Waals surface area (Å²) in [7, 11) is 0. The number of carbonyl (C=O) groups is 3. The second-order valence-electron chi connectivity index (χ2n) is 5.58. The number of carbonyl (C=O) groups excluding carboxylic acids is 2. The third-order valence-corrected chi connectivity index (χ3v) is 3.21. The highest BCUT2D eigenvalue weighted by Gasteiger charge is 2.44. The summed E-state index contributed by atoms with van der Waals surface area (Å²) in [5.74, 6) is -4.64. The van der Waals surface area contributed by atoms with Crippen molar-refractivity contribution in [2.75, 3.05) is 13.2 Å². The van der Waals surface area contributed by atoms with Gasteiger partial charge in [-0.1, -0.05) is 12.2 Å². The van der Waals surface area contributed by atoms with E-state index in [1.165, 1.54) is 12.2 Å². The summed E-state index contributed by atoms with van der Waals surface area (Å²) in [6.07, 6.45) is 1.02. The third kappa shape index (κ3) is 5.61. The molecule has 1 rings (SSSR count). The minimum Gasteiger partial charge on any atom is -0.479 e. The standard InChI is InChI=1S/C16H24O8/c1-5-21-14(19)10(15(20)22-6-2)8-7-9-11-12(13(17)18)24-16(3,4)23-11/h7,9-12H,5-6,8H2,1-4H3,(H,17,18)/b9-7+/t11-,12-/m1/s1. The van der Waals surface area contributed by atoms with E-state index in [9.17, 15) is 14.4 Å². The Morgan fingerprint density at radius 2 is 1.67 bits per heavy atom. The van der Waals surface area contributed by atoms with Crippen molar-refractivity contribution in [3.05, 3.63) is 12.2 Å². The molecule has 1 fully saturated rings. The van der Waals surface area contributed by atoms with Gasteiger partial charge in [-0.15, -0.1) is 0 Å². The molecule has 1 saturated heterocycles. The van der Waals surface area contributed by atoms with Crippen LogP contribution in [0.4, 0.5) is 0 Å². The van der Waals surface area contributed by atoms with E-state index in [1.54, 1.807) is 27.7 Å². The van der Waals surface area contributed by atoms with Crippen molar-refractivity contribution in [3.8, 4) is 0 Å². The van der Waals surface area contributed by atoms with E-state index in [4.69, 9.17) is 24.1 Å². The van der Waals surface area contributed by atoms with Gasteiger partial charge in [0.2, 0.25) is 0 Å². The van der Waals surface area contributed by atoms with Crippen LogP contribution < -0.4 is 0 Å². The van der Waals surface area contributed by atoms with Crippen molar-refractivity contribution in [1.82, 2.24) is 0 Å². The van der Waals surface area contributed by atoms with Crippen LogP contribution in [0.5, 0.6) is 0 Å². The zero-order valence-corrected chi connectivity index (χ0v) is 14.3. The molecular formula is C16H24O8. The number of aliphatic carboxylic acids is 1. The van der Waals surface area contributed by atoms with Gasteiger partial charge in [-0.3, -0.25) is 9.59 Å². The fourth-order valence-corrected chi connectivity index (χ4v) is 2.24. The molecule has 0 amide bonds. The molecule has 0 unspecified atom stereocenters. The Morgan fingerprint density at radius 3 is 2.12 bits per heavy atom. The van der Waals surface area contributed by atoms with E-state index in [0.717, 1.165) is 0 Å². The largest absolute Gasteiger partial charge is 0.479 e. The van der Waals surface area contributed by atoms with E-state index in [1.807, 2.05) is 0 Å². The molecule has 0 radical (unpaired) electrons. The Balaban J connectivity index is 2.77. The molecule has 2 atom stereocenters. The fraction of sp³-hybridized carbons (Fsp3) is 0.688. The lowest BCUT2D eigenvalue weighted by Gasteiger charge is -2.15. The summed E-state index contributed by atoms with van der Waals surface area (Å²) in [5, 5.41) is 9.15. The van der Waals surface area contributed by atoms with Crippen LogP contribution in [-0.4, -0.2) is 54.2 Å². The van der Waals surface area contributed by atoms with Gasteiger partial charge < -0.3 is 24.1 Å². The molecule has 8 heteroatoms. The lowest BCUT2D eigenvalue weighted by molar-refractivity contribution is -0.165. The van der Waals surface area contributed by atoms with Gasteiger partial charge in [0.1, 0.15) is 6.10 Å². The molecule has 1 aliphatic rings. The van der Waals surface area contributed by atoms with E-state index < -0.39 is 41.8 Å². The summed E-state index contributed by atoms with van der Waals surface area (Å²) in [5.41, 5.74) is 0. The molecular weight excluding hydrogens is 320 g/mol. The van der Waals surface area contributed by atoms with Crippen LogP contribution in [-0.2, 0) is 33.3 Å². The number of carboxylic acid groups (broad SMARTS) is 1. The first-order chi connectivity index (χ1) is 11.2. The normalized spacial score (nSPS) is 22.7. The van der Waals surface area contributed by atoms with Gasteiger partial charge in [-0.2, -0.15) is 0 Å². The Bertz CT molecular complexity index is 478. The van der Waals surface area contributed by atoms with Gasteiger partial charge in [0.05, 0.1) is 13.2 Å². The highest BCUT2D eigenvalue weighted by molar-refractivity contribution is 5.95. The molecule has 0 spiro atoms. The third-order valence-electron chi connectivity index (χ3n) is 3.21. The molecule has 0 aromatic rings. The summed E-state index contributed by atoms with van der Waals surface area (Å²) in [6.45, 7) is 6.78. The molecule has 0 saturated carbocycles. The van der Waals surface area contributed by atoms with Crippen molar-refractivity contribution >= 4 is 17.9 Å². The Labute approximate surface area is 140 Å². The van der Waals surface area contributed by atoms with Crippen LogP contribution in [0.1, 0.15) is 34.1 Å². The van der Waals surface area contributed by atoms with Crippen LogP contribution in [0, 0.1) is 5.92 Å². The summed E-state index contributed by atoms with van der Waals surface area (Å²) >= 11 is 0. The van der Waals surface area contributed by atoms with Crippen LogP contribution in [0.2, 0.25) is 0 Å². The molecule has 1 aliphatic heterocycles. The number of rotatable bonds is 8. The van der Waals surface area contributed by atoms with Crippen LogP contribution >= 0.6 is 0 Å². The number of hydrogen-bond acceptors (Lipinski definition) is 7. The molecule has 1 heterocycles. The molecule has 1 N–H and O–H groups in total. The smallest absolute Gasteiger partial charge is 0.336 e. The molecule has 0 bridgehead atoms. The topological polar surface area (TPSA) is 108 Å². The number of carboxylic acids is 1. The maximum Gasteiger partial charge on any atom is 0.336 e. The average Bonchev–Trinajstić information content (AvgIpc) is 2.79. The van der Waals surface area contributed by atoms with Crippen molar-refractivity contribution in [2.24, 2.45) is 5.92 Å². The van der Waals surface area contributed by atoms with Gasteiger partial charge in [0, 0.05) is 0 Å². The predicted molar refractivity (Wildman–Crippen MR) is 82.0 cm³/mol. The van der Waals surface area contributed by atoms with Crippen molar-refractivity contribution in [3.63, 3.8) is 0 Å². The van der Waals surface area contributed by atoms with Crippen LogP contribution in [0.15, 0.2) is 12.2 Å². The number of allylic oxidation sites excluding steroid dienone is 1. The van der Waals surface area contributed by atoms with E-state index in [2.05, 4.69) is 0 Å². The second kappa shape index (κ2) is 8.79. The summed E-state index contributed by atoms with van der Waals surface area (Å²) < 4.78 is 20.5. The van der Waals surface area contributed by atoms with Gasteiger partial charge in [0.25, 0.3) is 0 Å². The molecule has 24 heavy (non-hydrogen) atoms. The maximum atomic E-state index is 11.9. The van der Waals surface area contributed by atoms with Crippen molar-refractivity contribution in [2.45, 2.75) is 52.1 Å². The molecule has 0 aliphatic carbocycles. The molecule has 0 aromatic heterocycles. The van der Waals surface area contributed by atoms with Crippen LogP contribution in [0.25, 0.3) is 0 Å². The lowest BCUT2D eigenvalue weighted by atomic mass is 10.0. The van der Waals surface area contributed by atoms with Gasteiger partial charge in [-0.25, -0.2) is 4.79 Å². The summed E-state index contributed by atoms with van der Waals surface area (Å²) in [4.78, 5) is 34.9. The Kier molecular flexibility index (Phi) is 7.37. The quantitative estimate of drug-likeness (QED) is 0.398. The monoisotopic (exact) mass is 344 g/mol. The SMILES string of the molecule is CCOC(=O)C(C/C=C/[C@H]1OC(C)(C)O[C@H]1C(=O)O)C(=O)OCC. The maximum absolute atomic E-state index is 11.9. The Hall–Kier alpha value is -1.93. The Morgan fingerprint density at radius 1 is 1.12 bits per heavy atom. The van der Waals surface area contributed by atoms with Crippen molar-refractivity contribution < 1.29 is 38.4 Å². The highest BCUT2D eigenvalue weighted by atomic mass is 16.8. The lowest BCUT2D eigenvalue weighted by Crippen LogP contribution is -2.30. The second-order valence-corrected chi connectivity index (χ2v) is 5.58. The average molecular weight is 344 g/mol. The molecule has 136 valence electrons.